The Balaban J connectivity index is 1.74. The first kappa shape index (κ1) is 14.1. The van der Waals surface area contributed by atoms with E-state index in [1.54, 1.807) is 0 Å². The van der Waals surface area contributed by atoms with Gasteiger partial charge in [-0.25, -0.2) is 0 Å². The molecule has 0 bridgehead atoms. The predicted molar refractivity (Wildman–Crippen MR) is 76.6 cm³/mol. The van der Waals surface area contributed by atoms with Crippen LogP contribution in [0, 0.1) is 23.7 Å². The van der Waals surface area contributed by atoms with E-state index < -0.39 is 0 Å². The van der Waals surface area contributed by atoms with E-state index in [1.807, 2.05) is 0 Å². The Kier molecular flexibility index (Phi) is 5.29. The summed E-state index contributed by atoms with van der Waals surface area (Å²) in [6.45, 7) is 3.84. The van der Waals surface area contributed by atoms with Gasteiger partial charge in [0.25, 0.3) is 0 Å². The lowest BCUT2D eigenvalue weighted by Gasteiger charge is -2.37. The molecule has 102 valence electrons. The van der Waals surface area contributed by atoms with E-state index in [1.165, 1.54) is 44.9 Å². The third-order valence-electron chi connectivity index (χ3n) is 5.15. The molecule has 0 heterocycles. The summed E-state index contributed by atoms with van der Waals surface area (Å²) in [4.78, 5) is 11.2. The molecule has 0 aromatic rings. The van der Waals surface area contributed by atoms with Crippen LogP contribution in [0.25, 0.3) is 0 Å². The predicted octanol–water partition coefficient (Wildman–Crippen LogP) is 4.94. The van der Waals surface area contributed by atoms with Crippen LogP contribution in [0.1, 0.15) is 57.8 Å². The van der Waals surface area contributed by atoms with Gasteiger partial charge in [0.2, 0.25) is 5.24 Å². The normalized spacial score (nSPS) is 37.2. The van der Waals surface area contributed by atoms with Gasteiger partial charge in [0.05, 0.1) is 0 Å². The fourth-order valence-electron chi connectivity index (χ4n) is 3.95. The average Bonchev–Trinajstić information content (AvgIpc) is 2.40. The first-order valence-corrected chi connectivity index (χ1v) is 7.88. The van der Waals surface area contributed by atoms with Gasteiger partial charge in [0, 0.05) is 5.92 Å². The number of hydrogen-bond acceptors (Lipinski definition) is 1. The molecule has 2 fully saturated rings. The maximum atomic E-state index is 11.2. The quantitative estimate of drug-likeness (QED) is 0.521. The summed E-state index contributed by atoms with van der Waals surface area (Å²) in [6, 6.07) is 0. The van der Waals surface area contributed by atoms with Gasteiger partial charge in [-0.15, -0.1) is 6.58 Å². The number of halogens is 1. The number of carbonyl (C=O) groups is 1. The van der Waals surface area contributed by atoms with E-state index in [4.69, 9.17) is 11.6 Å². The Morgan fingerprint density at radius 3 is 1.94 bits per heavy atom. The first-order chi connectivity index (χ1) is 8.70. The molecular formula is C16H25ClO. The van der Waals surface area contributed by atoms with Crippen molar-refractivity contribution >= 4 is 16.8 Å². The Hall–Kier alpha value is -0.300. The van der Waals surface area contributed by atoms with Gasteiger partial charge < -0.3 is 0 Å². The van der Waals surface area contributed by atoms with Crippen LogP contribution in [-0.2, 0) is 4.79 Å². The molecular weight excluding hydrogens is 244 g/mol. The molecule has 2 heteroatoms. The zero-order chi connectivity index (χ0) is 13.0. The van der Waals surface area contributed by atoms with Gasteiger partial charge in [-0.1, -0.05) is 6.08 Å². The molecule has 2 aliphatic rings. The summed E-state index contributed by atoms with van der Waals surface area (Å²) in [5, 5.41) is -0.108. The van der Waals surface area contributed by atoms with Crippen LogP contribution < -0.4 is 0 Å². The molecule has 0 radical (unpaired) electrons. The van der Waals surface area contributed by atoms with Gasteiger partial charge in [-0.2, -0.15) is 0 Å². The van der Waals surface area contributed by atoms with E-state index in [2.05, 4.69) is 12.7 Å². The SMILES string of the molecule is C=CC[C@H]1CC[C@H]([C@H]2CC[C@H](C(=O)Cl)CC2)CC1. The van der Waals surface area contributed by atoms with Crippen molar-refractivity contribution in [3.05, 3.63) is 12.7 Å². The summed E-state index contributed by atoms with van der Waals surface area (Å²) >= 11 is 5.60. The van der Waals surface area contributed by atoms with Crippen LogP contribution in [-0.4, -0.2) is 5.24 Å². The molecule has 0 N–H and O–H groups in total. The van der Waals surface area contributed by atoms with E-state index in [9.17, 15) is 4.79 Å². The van der Waals surface area contributed by atoms with Crippen LogP contribution in [0.2, 0.25) is 0 Å². The molecule has 0 aromatic carbocycles. The molecule has 0 atom stereocenters. The molecule has 0 unspecified atom stereocenters. The molecule has 2 saturated carbocycles. The van der Waals surface area contributed by atoms with Crippen LogP contribution in [0.15, 0.2) is 12.7 Å². The lowest BCUT2D eigenvalue weighted by Crippen LogP contribution is -2.27. The van der Waals surface area contributed by atoms with E-state index in [-0.39, 0.29) is 11.2 Å². The third kappa shape index (κ3) is 3.60. The number of allylic oxidation sites excluding steroid dienone is 1. The van der Waals surface area contributed by atoms with Crippen molar-refractivity contribution in [3.8, 4) is 0 Å². The number of carbonyl (C=O) groups excluding carboxylic acids is 1. The second-order valence-electron chi connectivity index (χ2n) is 6.22. The lowest BCUT2D eigenvalue weighted by molar-refractivity contribution is -0.116. The maximum absolute atomic E-state index is 11.2. The van der Waals surface area contributed by atoms with Crippen molar-refractivity contribution in [2.75, 3.05) is 0 Å². The highest BCUT2D eigenvalue weighted by atomic mass is 35.5. The summed E-state index contributed by atoms with van der Waals surface area (Å²) in [6.07, 6.45) is 13.3. The molecule has 1 nitrogen and oxygen atoms in total. The third-order valence-corrected chi connectivity index (χ3v) is 5.46. The highest BCUT2D eigenvalue weighted by Gasteiger charge is 2.32. The molecule has 0 saturated heterocycles. The second-order valence-corrected chi connectivity index (χ2v) is 6.59. The molecule has 0 aromatic heterocycles. The summed E-state index contributed by atoms with van der Waals surface area (Å²) in [5.74, 6) is 2.82. The van der Waals surface area contributed by atoms with Crippen LogP contribution >= 0.6 is 11.6 Å². The van der Waals surface area contributed by atoms with Gasteiger partial charge in [0.15, 0.2) is 0 Å². The van der Waals surface area contributed by atoms with Crippen LogP contribution in [0.4, 0.5) is 0 Å². The monoisotopic (exact) mass is 268 g/mol. The van der Waals surface area contributed by atoms with Crippen molar-refractivity contribution in [2.45, 2.75) is 57.8 Å². The van der Waals surface area contributed by atoms with E-state index >= 15 is 0 Å². The summed E-state index contributed by atoms with van der Waals surface area (Å²) < 4.78 is 0. The van der Waals surface area contributed by atoms with Gasteiger partial charge in [0.1, 0.15) is 0 Å². The van der Waals surface area contributed by atoms with Gasteiger partial charge >= 0.3 is 0 Å². The standard InChI is InChI=1S/C16H25ClO/c1-2-3-12-4-6-13(7-5-12)14-8-10-15(11-9-14)16(17)18/h2,12-15H,1,3-11H2/t12-,13-,14-,15-. The topological polar surface area (TPSA) is 17.1 Å². The molecule has 0 amide bonds. The van der Waals surface area contributed by atoms with Gasteiger partial charge in [-0.05, 0) is 87.1 Å². The van der Waals surface area contributed by atoms with Crippen molar-refractivity contribution in [1.82, 2.24) is 0 Å². The fourth-order valence-corrected chi connectivity index (χ4v) is 4.17. The Morgan fingerprint density at radius 1 is 1.00 bits per heavy atom. The van der Waals surface area contributed by atoms with Crippen LogP contribution in [0.3, 0.4) is 0 Å². The largest absolute Gasteiger partial charge is 0.281 e. The highest BCUT2D eigenvalue weighted by molar-refractivity contribution is 6.63. The van der Waals surface area contributed by atoms with Crippen LogP contribution in [0.5, 0.6) is 0 Å². The Labute approximate surface area is 116 Å². The molecule has 18 heavy (non-hydrogen) atoms. The maximum Gasteiger partial charge on any atom is 0.224 e. The summed E-state index contributed by atoms with van der Waals surface area (Å²) in [5.41, 5.74) is 0. The Morgan fingerprint density at radius 2 is 1.50 bits per heavy atom. The molecule has 2 rings (SSSR count). The zero-order valence-corrected chi connectivity index (χ0v) is 12.0. The first-order valence-electron chi connectivity index (χ1n) is 7.51. The second kappa shape index (κ2) is 6.75. The molecule has 0 aliphatic heterocycles. The smallest absolute Gasteiger partial charge is 0.224 e. The Bertz CT molecular complexity index is 283. The number of rotatable bonds is 4. The lowest BCUT2D eigenvalue weighted by atomic mass is 9.69. The molecule has 2 aliphatic carbocycles. The minimum absolute atomic E-state index is 0.108. The summed E-state index contributed by atoms with van der Waals surface area (Å²) in [7, 11) is 0. The van der Waals surface area contributed by atoms with Crippen molar-refractivity contribution in [2.24, 2.45) is 23.7 Å². The highest BCUT2D eigenvalue weighted by Crippen LogP contribution is 2.42. The minimum atomic E-state index is -0.108. The van der Waals surface area contributed by atoms with Crippen molar-refractivity contribution in [3.63, 3.8) is 0 Å². The van der Waals surface area contributed by atoms with E-state index in [0.717, 1.165) is 30.6 Å². The fraction of sp³-hybridized carbons (Fsp3) is 0.812. The molecule has 0 spiro atoms. The van der Waals surface area contributed by atoms with Crippen molar-refractivity contribution < 1.29 is 4.79 Å². The van der Waals surface area contributed by atoms with E-state index in [0.29, 0.717) is 0 Å². The minimum Gasteiger partial charge on any atom is -0.281 e. The number of hydrogen-bond donors (Lipinski definition) is 0. The van der Waals surface area contributed by atoms with Gasteiger partial charge in [-0.3, -0.25) is 4.79 Å². The average molecular weight is 269 g/mol. The zero-order valence-electron chi connectivity index (χ0n) is 11.2. The van der Waals surface area contributed by atoms with Crippen molar-refractivity contribution in [1.29, 1.82) is 0 Å².